The third kappa shape index (κ3) is 3.38. The number of hydrogen-bond acceptors (Lipinski definition) is 4. The largest absolute Gasteiger partial charge is 0.390 e. The molecule has 2 unspecified atom stereocenters. The second-order valence-corrected chi connectivity index (χ2v) is 4.31. The van der Waals surface area contributed by atoms with Crippen LogP contribution in [0.4, 0.5) is 0 Å². The Balaban J connectivity index is 2.93. The molecule has 2 atom stereocenters. The first-order valence-corrected chi connectivity index (χ1v) is 5.59. The van der Waals surface area contributed by atoms with Crippen LogP contribution in [0.5, 0.6) is 0 Å². The average Bonchev–Trinajstić information content (AvgIpc) is 2.26. The summed E-state index contributed by atoms with van der Waals surface area (Å²) in [5.41, 5.74) is 6.68. The molecule has 0 saturated heterocycles. The van der Waals surface area contributed by atoms with Crippen LogP contribution in [0.15, 0.2) is 18.2 Å². The van der Waals surface area contributed by atoms with E-state index in [9.17, 15) is 19.8 Å². The minimum absolute atomic E-state index is 0.0637. The Morgan fingerprint density at radius 3 is 2.39 bits per heavy atom. The summed E-state index contributed by atoms with van der Waals surface area (Å²) >= 11 is 0. The topological polar surface area (TPSA) is 101 Å². The van der Waals surface area contributed by atoms with Crippen molar-refractivity contribution in [2.75, 3.05) is 0 Å². The molecule has 0 bridgehead atoms. The number of primary amides is 1. The number of benzene rings is 1. The second-order valence-electron chi connectivity index (χ2n) is 4.31. The van der Waals surface area contributed by atoms with Crippen LogP contribution in [0, 0.1) is 6.92 Å². The monoisotopic (exact) mass is 251 g/mol. The summed E-state index contributed by atoms with van der Waals surface area (Å²) in [6.07, 6.45) is -2.75. The molecule has 0 aliphatic rings. The molecule has 0 radical (unpaired) electrons. The third-order valence-corrected chi connectivity index (χ3v) is 2.75. The zero-order valence-corrected chi connectivity index (χ0v) is 10.4. The number of hydrogen-bond donors (Lipinski definition) is 3. The maximum Gasteiger partial charge on any atom is 0.220 e. The van der Waals surface area contributed by atoms with Crippen molar-refractivity contribution in [1.29, 1.82) is 0 Å². The van der Waals surface area contributed by atoms with Gasteiger partial charge < -0.3 is 15.9 Å². The lowest BCUT2D eigenvalue weighted by Gasteiger charge is -2.17. The highest BCUT2D eigenvalue weighted by atomic mass is 16.3. The van der Waals surface area contributed by atoms with Gasteiger partial charge in [-0.1, -0.05) is 18.2 Å². The summed E-state index contributed by atoms with van der Waals surface area (Å²) in [6, 6.07) is 4.76. The van der Waals surface area contributed by atoms with Gasteiger partial charge >= 0.3 is 0 Å². The van der Waals surface area contributed by atoms with Crippen LogP contribution in [-0.4, -0.2) is 28.0 Å². The van der Waals surface area contributed by atoms with E-state index in [1.807, 2.05) is 0 Å². The van der Waals surface area contributed by atoms with Gasteiger partial charge in [-0.3, -0.25) is 9.59 Å². The van der Waals surface area contributed by atoms with Crippen molar-refractivity contribution in [2.45, 2.75) is 32.5 Å². The van der Waals surface area contributed by atoms with E-state index < -0.39 is 18.1 Å². The lowest BCUT2D eigenvalue weighted by Crippen LogP contribution is -2.25. The zero-order valence-electron chi connectivity index (χ0n) is 10.4. The number of carbonyl (C=O) groups is 2. The second kappa shape index (κ2) is 5.75. The number of ketones is 1. The molecule has 4 N–H and O–H groups in total. The van der Waals surface area contributed by atoms with Gasteiger partial charge in [0.25, 0.3) is 0 Å². The van der Waals surface area contributed by atoms with Crippen LogP contribution < -0.4 is 5.73 Å². The van der Waals surface area contributed by atoms with E-state index in [0.29, 0.717) is 16.7 Å². The highest BCUT2D eigenvalue weighted by molar-refractivity contribution is 5.95. The van der Waals surface area contributed by atoms with Crippen molar-refractivity contribution in [3.8, 4) is 0 Å². The molecule has 1 amide bonds. The molecular formula is C13H17NO4. The summed E-state index contributed by atoms with van der Waals surface area (Å²) in [5, 5.41) is 19.4. The van der Waals surface area contributed by atoms with Gasteiger partial charge in [-0.2, -0.15) is 0 Å². The summed E-state index contributed by atoms with van der Waals surface area (Å²) in [4.78, 5) is 21.9. The zero-order chi connectivity index (χ0) is 13.9. The number of Topliss-reactive ketones (excluding diaryl/α,β-unsaturated/α-hetero) is 1. The fraction of sp³-hybridized carbons (Fsp3) is 0.385. The fourth-order valence-electron chi connectivity index (χ4n) is 1.81. The first-order chi connectivity index (χ1) is 8.32. The van der Waals surface area contributed by atoms with Crippen LogP contribution in [0.25, 0.3) is 0 Å². The molecule has 0 spiro atoms. The Morgan fingerprint density at radius 2 is 1.94 bits per heavy atom. The van der Waals surface area contributed by atoms with Gasteiger partial charge in [-0.15, -0.1) is 0 Å². The minimum atomic E-state index is -1.25. The SMILES string of the molecule is CC(=O)c1ccc(C(O)C(O)CC(N)=O)cc1C. The lowest BCUT2D eigenvalue weighted by atomic mass is 9.96. The van der Waals surface area contributed by atoms with Crippen molar-refractivity contribution in [1.82, 2.24) is 0 Å². The molecule has 5 heteroatoms. The molecule has 1 aromatic carbocycles. The molecule has 98 valence electrons. The average molecular weight is 251 g/mol. The number of aliphatic hydroxyl groups excluding tert-OH is 2. The van der Waals surface area contributed by atoms with Gasteiger partial charge in [0, 0.05) is 5.56 Å². The summed E-state index contributed by atoms with van der Waals surface area (Å²) in [6.45, 7) is 3.20. The molecule has 0 heterocycles. The molecule has 0 aliphatic heterocycles. The minimum Gasteiger partial charge on any atom is -0.390 e. The van der Waals surface area contributed by atoms with Crippen molar-refractivity contribution in [2.24, 2.45) is 5.73 Å². The first kappa shape index (κ1) is 14.3. The molecule has 0 saturated carbocycles. The smallest absolute Gasteiger partial charge is 0.220 e. The fourth-order valence-corrected chi connectivity index (χ4v) is 1.81. The van der Waals surface area contributed by atoms with Crippen molar-refractivity contribution in [3.05, 3.63) is 34.9 Å². The normalized spacial score (nSPS) is 14.0. The van der Waals surface area contributed by atoms with Crippen molar-refractivity contribution in [3.63, 3.8) is 0 Å². The molecule has 0 aromatic heterocycles. The van der Waals surface area contributed by atoms with Gasteiger partial charge in [0.05, 0.1) is 12.5 Å². The van der Waals surface area contributed by atoms with E-state index in [4.69, 9.17) is 5.73 Å². The standard InChI is InChI=1S/C13H17NO4/c1-7-5-9(3-4-10(7)8(2)15)13(18)11(16)6-12(14)17/h3-5,11,13,16,18H,6H2,1-2H3,(H2,14,17). The highest BCUT2D eigenvalue weighted by Crippen LogP contribution is 2.22. The Bertz CT molecular complexity index is 470. The van der Waals surface area contributed by atoms with Crippen LogP contribution in [0.2, 0.25) is 0 Å². The van der Waals surface area contributed by atoms with Gasteiger partial charge in [0.2, 0.25) is 5.91 Å². The maximum absolute atomic E-state index is 11.3. The summed E-state index contributed by atoms with van der Waals surface area (Å²) < 4.78 is 0. The number of aryl methyl sites for hydroxylation is 1. The highest BCUT2D eigenvalue weighted by Gasteiger charge is 2.21. The van der Waals surface area contributed by atoms with E-state index in [0.717, 1.165) is 0 Å². The molecule has 0 aliphatic carbocycles. The van der Waals surface area contributed by atoms with E-state index in [2.05, 4.69) is 0 Å². The number of carbonyl (C=O) groups excluding carboxylic acids is 2. The Hall–Kier alpha value is -1.72. The van der Waals surface area contributed by atoms with Gasteiger partial charge in [-0.25, -0.2) is 0 Å². The molecule has 1 aromatic rings. The molecule has 5 nitrogen and oxygen atoms in total. The predicted molar refractivity (Wildman–Crippen MR) is 66.0 cm³/mol. The Kier molecular flexibility index (Phi) is 4.58. The Morgan fingerprint density at radius 1 is 1.33 bits per heavy atom. The Labute approximate surface area is 105 Å². The van der Waals surface area contributed by atoms with E-state index in [1.54, 1.807) is 25.1 Å². The van der Waals surface area contributed by atoms with Gasteiger partial charge in [0.15, 0.2) is 5.78 Å². The van der Waals surface area contributed by atoms with E-state index >= 15 is 0 Å². The molecule has 0 fully saturated rings. The van der Waals surface area contributed by atoms with Crippen LogP contribution in [0.1, 0.15) is 40.9 Å². The van der Waals surface area contributed by atoms with Crippen LogP contribution in [-0.2, 0) is 4.79 Å². The van der Waals surface area contributed by atoms with Gasteiger partial charge in [-0.05, 0) is 25.0 Å². The van der Waals surface area contributed by atoms with E-state index in [-0.39, 0.29) is 12.2 Å². The van der Waals surface area contributed by atoms with Crippen molar-refractivity contribution >= 4 is 11.7 Å². The first-order valence-electron chi connectivity index (χ1n) is 5.59. The molecule has 18 heavy (non-hydrogen) atoms. The number of aliphatic hydroxyl groups is 2. The van der Waals surface area contributed by atoms with Crippen molar-refractivity contribution < 1.29 is 19.8 Å². The molecular weight excluding hydrogens is 234 g/mol. The van der Waals surface area contributed by atoms with Crippen LogP contribution >= 0.6 is 0 Å². The lowest BCUT2D eigenvalue weighted by molar-refractivity contribution is -0.121. The number of amides is 1. The third-order valence-electron chi connectivity index (χ3n) is 2.75. The number of nitrogens with two attached hydrogens (primary N) is 1. The van der Waals surface area contributed by atoms with Gasteiger partial charge in [0.1, 0.15) is 6.10 Å². The summed E-state index contributed by atoms with van der Waals surface area (Å²) in [7, 11) is 0. The predicted octanol–water partition coefficient (Wildman–Crippen LogP) is 0.467. The quantitative estimate of drug-likeness (QED) is 0.662. The number of rotatable bonds is 5. The van der Waals surface area contributed by atoms with E-state index in [1.165, 1.54) is 6.92 Å². The molecule has 1 rings (SSSR count). The maximum atomic E-state index is 11.3. The van der Waals surface area contributed by atoms with Crippen LogP contribution in [0.3, 0.4) is 0 Å². The summed E-state index contributed by atoms with van der Waals surface area (Å²) in [5.74, 6) is -0.746.